The average molecular weight is 240 g/mol. The first kappa shape index (κ1) is 12.5. The highest BCUT2D eigenvalue weighted by Gasteiger charge is 2.43. The highest BCUT2D eigenvalue weighted by Crippen LogP contribution is 2.48. The predicted octanol–water partition coefficient (Wildman–Crippen LogP) is 4.20. The summed E-state index contributed by atoms with van der Waals surface area (Å²) in [5.74, 6) is 2.14. The van der Waals surface area contributed by atoms with Crippen LogP contribution in [0.1, 0.15) is 64.7 Å². The molecular weight excluding hydrogens is 216 g/mol. The van der Waals surface area contributed by atoms with Gasteiger partial charge in [0.2, 0.25) is 0 Å². The van der Waals surface area contributed by atoms with Crippen LogP contribution in [-0.2, 0) is 4.79 Å². The van der Waals surface area contributed by atoms with Crippen molar-refractivity contribution in [2.75, 3.05) is 5.75 Å². The average Bonchev–Trinajstić information content (AvgIpc) is 2.31. The highest BCUT2D eigenvalue weighted by molar-refractivity contribution is 8.00. The monoisotopic (exact) mass is 240 g/mol. The lowest BCUT2D eigenvalue weighted by Crippen LogP contribution is -2.42. The van der Waals surface area contributed by atoms with E-state index in [9.17, 15) is 4.79 Å². The zero-order valence-corrected chi connectivity index (χ0v) is 11.3. The van der Waals surface area contributed by atoms with E-state index in [-0.39, 0.29) is 0 Å². The first-order chi connectivity index (χ1) is 7.78. The van der Waals surface area contributed by atoms with Gasteiger partial charge >= 0.3 is 0 Å². The first-order valence-corrected chi connectivity index (χ1v) is 7.94. The SMILES string of the molecule is CCSC1([C@@H]2CCCCC2=O)CCCCC1. The summed E-state index contributed by atoms with van der Waals surface area (Å²) in [4.78, 5) is 12.2. The lowest BCUT2D eigenvalue weighted by atomic mass is 9.72. The van der Waals surface area contributed by atoms with Gasteiger partial charge in [-0.3, -0.25) is 4.79 Å². The Kier molecular flexibility index (Phi) is 4.34. The van der Waals surface area contributed by atoms with Crippen molar-refractivity contribution < 1.29 is 4.79 Å². The molecule has 2 aliphatic carbocycles. The first-order valence-electron chi connectivity index (χ1n) is 6.95. The summed E-state index contributed by atoms with van der Waals surface area (Å²) < 4.78 is 0.338. The van der Waals surface area contributed by atoms with Crippen molar-refractivity contribution in [1.82, 2.24) is 0 Å². The zero-order valence-electron chi connectivity index (χ0n) is 10.5. The van der Waals surface area contributed by atoms with Crippen LogP contribution in [0.25, 0.3) is 0 Å². The maximum Gasteiger partial charge on any atom is 0.137 e. The molecule has 0 amide bonds. The molecule has 1 atom stereocenters. The molecule has 2 heteroatoms. The molecule has 0 aromatic carbocycles. The van der Waals surface area contributed by atoms with Crippen molar-refractivity contribution in [2.24, 2.45) is 5.92 Å². The molecule has 0 saturated heterocycles. The number of carbonyl (C=O) groups is 1. The lowest BCUT2D eigenvalue weighted by Gasteiger charge is -2.44. The zero-order chi connectivity index (χ0) is 11.4. The highest BCUT2D eigenvalue weighted by atomic mass is 32.2. The van der Waals surface area contributed by atoms with E-state index >= 15 is 0 Å². The molecular formula is C14H24OS. The van der Waals surface area contributed by atoms with Crippen LogP contribution >= 0.6 is 11.8 Å². The number of carbonyl (C=O) groups excluding carboxylic acids is 1. The number of rotatable bonds is 3. The molecule has 0 bridgehead atoms. The Labute approximate surface area is 104 Å². The van der Waals surface area contributed by atoms with Gasteiger partial charge in [0.15, 0.2) is 0 Å². The van der Waals surface area contributed by atoms with Gasteiger partial charge in [-0.2, -0.15) is 11.8 Å². The molecule has 0 heterocycles. The third-order valence-electron chi connectivity index (χ3n) is 4.32. The van der Waals surface area contributed by atoms with Crippen LogP contribution in [-0.4, -0.2) is 16.3 Å². The van der Waals surface area contributed by atoms with Crippen molar-refractivity contribution >= 4 is 17.5 Å². The Morgan fingerprint density at radius 1 is 1.19 bits per heavy atom. The van der Waals surface area contributed by atoms with E-state index in [0.717, 1.165) is 12.8 Å². The molecule has 0 spiro atoms. The van der Waals surface area contributed by atoms with Gasteiger partial charge in [0, 0.05) is 17.1 Å². The van der Waals surface area contributed by atoms with Gasteiger partial charge < -0.3 is 0 Å². The Hall–Kier alpha value is 0.0200. The van der Waals surface area contributed by atoms with Crippen molar-refractivity contribution in [1.29, 1.82) is 0 Å². The van der Waals surface area contributed by atoms with Gasteiger partial charge in [-0.05, 0) is 31.4 Å². The van der Waals surface area contributed by atoms with E-state index in [1.165, 1.54) is 50.7 Å². The van der Waals surface area contributed by atoms with E-state index in [0.29, 0.717) is 16.4 Å². The smallest absolute Gasteiger partial charge is 0.137 e. The molecule has 0 N–H and O–H groups in total. The number of hydrogen-bond acceptors (Lipinski definition) is 2. The van der Waals surface area contributed by atoms with Crippen LogP contribution in [0, 0.1) is 5.92 Å². The second kappa shape index (κ2) is 5.57. The van der Waals surface area contributed by atoms with Crippen LogP contribution in [0.15, 0.2) is 0 Å². The maximum absolute atomic E-state index is 12.2. The summed E-state index contributed by atoms with van der Waals surface area (Å²) in [6.45, 7) is 2.24. The Balaban J connectivity index is 2.12. The molecule has 2 rings (SSSR count). The van der Waals surface area contributed by atoms with E-state index in [2.05, 4.69) is 18.7 Å². The Bertz CT molecular complexity index is 238. The summed E-state index contributed by atoms with van der Waals surface area (Å²) >= 11 is 2.09. The Morgan fingerprint density at radius 2 is 1.94 bits per heavy atom. The number of ketones is 1. The molecule has 2 fully saturated rings. The minimum Gasteiger partial charge on any atom is -0.299 e. The number of hydrogen-bond donors (Lipinski definition) is 0. The third-order valence-corrected chi connectivity index (χ3v) is 5.88. The summed E-state index contributed by atoms with van der Waals surface area (Å²) in [7, 11) is 0. The molecule has 16 heavy (non-hydrogen) atoms. The molecule has 0 aromatic heterocycles. The minimum absolute atomic E-state index is 0.338. The fourth-order valence-corrected chi connectivity index (χ4v) is 5.17. The molecule has 0 unspecified atom stereocenters. The van der Waals surface area contributed by atoms with Crippen LogP contribution in [0.2, 0.25) is 0 Å². The largest absolute Gasteiger partial charge is 0.299 e. The summed E-state index contributed by atoms with van der Waals surface area (Å²) in [5, 5.41) is 0. The lowest BCUT2D eigenvalue weighted by molar-refractivity contribution is -0.126. The second-order valence-corrected chi connectivity index (χ2v) is 7.00. The standard InChI is InChI=1S/C14H24OS/c1-2-16-14(10-6-3-7-11-14)12-8-4-5-9-13(12)15/h12H,2-11H2,1H3/t12-/m1/s1. The van der Waals surface area contributed by atoms with Gasteiger partial charge in [0.05, 0.1) is 0 Å². The second-order valence-electron chi connectivity index (χ2n) is 5.32. The number of thioether (sulfide) groups is 1. The van der Waals surface area contributed by atoms with Gasteiger partial charge in [0.1, 0.15) is 5.78 Å². The van der Waals surface area contributed by atoms with Crippen LogP contribution < -0.4 is 0 Å². The fourth-order valence-electron chi connectivity index (χ4n) is 3.57. The molecule has 0 radical (unpaired) electrons. The molecule has 0 aliphatic heterocycles. The van der Waals surface area contributed by atoms with Crippen molar-refractivity contribution in [2.45, 2.75) is 69.5 Å². The Morgan fingerprint density at radius 3 is 2.56 bits per heavy atom. The quantitative estimate of drug-likeness (QED) is 0.735. The van der Waals surface area contributed by atoms with Gasteiger partial charge in [0.25, 0.3) is 0 Å². The normalized spacial score (nSPS) is 30.3. The van der Waals surface area contributed by atoms with Crippen molar-refractivity contribution in [3.05, 3.63) is 0 Å². The predicted molar refractivity (Wildman–Crippen MR) is 70.9 cm³/mol. The van der Waals surface area contributed by atoms with Crippen molar-refractivity contribution in [3.63, 3.8) is 0 Å². The minimum atomic E-state index is 0.338. The van der Waals surface area contributed by atoms with E-state index in [1.54, 1.807) is 0 Å². The molecule has 0 aromatic rings. The summed E-state index contributed by atoms with van der Waals surface area (Å²) in [6.07, 6.45) is 11.1. The third kappa shape index (κ3) is 2.47. The topological polar surface area (TPSA) is 17.1 Å². The molecule has 2 aliphatic rings. The van der Waals surface area contributed by atoms with E-state index in [4.69, 9.17) is 0 Å². The van der Waals surface area contributed by atoms with E-state index in [1.807, 2.05) is 0 Å². The van der Waals surface area contributed by atoms with E-state index < -0.39 is 0 Å². The summed E-state index contributed by atoms with van der Waals surface area (Å²) in [6, 6.07) is 0. The van der Waals surface area contributed by atoms with Crippen LogP contribution in [0.5, 0.6) is 0 Å². The maximum atomic E-state index is 12.2. The number of Topliss-reactive ketones (excluding diaryl/α,β-unsaturated/α-hetero) is 1. The van der Waals surface area contributed by atoms with Crippen LogP contribution in [0.4, 0.5) is 0 Å². The van der Waals surface area contributed by atoms with Crippen molar-refractivity contribution in [3.8, 4) is 0 Å². The molecule has 2 saturated carbocycles. The molecule has 92 valence electrons. The van der Waals surface area contributed by atoms with Crippen LogP contribution in [0.3, 0.4) is 0 Å². The van der Waals surface area contributed by atoms with Gasteiger partial charge in [-0.25, -0.2) is 0 Å². The van der Waals surface area contributed by atoms with Gasteiger partial charge in [-0.1, -0.05) is 32.6 Å². The summed E-state index contributed by atoms with van der Waals surface area (Å²) in [5.41, 5.74) is 0. The van der Waals surface area contributed by atoms with Gasteiger partial charge in [-0.15, -0.1) is 0 Å². The molecule has 1 nitrogen and oxygen atoms in total. The fraction of sp³-hybridized carbons (Fsp3) is 0.929.